The Labute approximate surface area is 220 Å². The van der Waals surface area contributed by atoms with Crippen molar-refractivity contribution in [2.24, 2.45) is 0 Å². The van der Waals surface area contributed by atoms with E-state index in [-0.39, 0.29) is 10.8 Å². The molecule has 192 valence electrons. The highest BCUT2D eigenvalue weighted by molar-refractivity contribution is 7.80. The Bertz CT molecular complexity index is 1410. The zero-order chi connectivity index (χ0) is 26.6. The summed E-state index contributed by atoms with van der Waals surface area (Å²) in [6.07, 6.45) is -2.21. The highest BCUT2D eigenvalue weighted by Gasteiger charge is 2.33. The SMILES string of the molecule is CCc1cc(Nc2cc(C)nc(Nc3ccc(NC(=S)Nc4ccc(Cl)c(C(F)(F)F)c4)nc3)n2)n[nH]1. The van der Waals surface area contributed by atoms with Crippen LogP contribution in [0.2, 0.25) is 5.02 Å². The van der Waals surface area contributed by atoms with Gasteiger partial charge in [-0.3, -0.25) is 5.10 Å². The topological polar surface area (TPSA) is 115 Å². The van der Waals surface area contributed by atoms with Crippen molar-refractivity contribution >= 4 is 63.7 Å². The van der Waals surface area contributed by atoms with Gasteiger partial charge in [-0.05, 0) is 55.9 Å². The molecule has 0 aliphatic heterocycles. The lowest BCUT2D eigenvalue weighted by Gasteiger charge is -2.14. The maximum atomic E-state index is 13.1. The molecule has 0 amide bonds. The van der Waals surface area contributed by atoms with Crippen molar-refractivity contribution in [3.63, 3.8) is 0 Å². The molecular formula is C23H21ClF3N9S. The van der Waals surface area contributed by atoms with Crippen LogP contribution in [0.3, 0.4) is 0 Å². The highest BCUT2D eigenvalue weighted by Crippen LogP contribution is 2.36. The van der Waals surface area contributed by atoms with Crippen molar-refractivity contribution in [3.8, 4) is 0 Å². The molecule has 37 heavy (non-hydrogen) atoms. The summed E-state index contributed by atoms with van der Waals surface area (Å²) < 4.78 is 39.2. The van der Waals surface area contributed by atoms with Gasteiger partial charge in [0.2, 0.25) is 5.95 Å². The molecule has 0 fully saturated rings. The van der Waals surface area contributed by atoms with Crippen molar-refractivity contribution in [2.75, 3.05) is 21.3 Å². The summed E-state index contributed by atoms with van der Waals surface area (Å²) in [5.74, 6) is 1.96. The Morgan fingerprint density at radius 1 is 0.973 bits per heavy atom. The first-order chi connectivity index (χ1) is 17.6. The maximum Gasteiger partial charge on any atom is 0.417 e. The molecular weight excluding hydrogens is 527 g/mol. The summed E-state index contributed by atoms with van der Waals surface area (Å²) in [4.78, 5) is 13.1. The fourth-order valence-corrected chi connectivity index (χ4v) is 3.64. The first-order valence-electron chi connectivity index (χ1n) is 10.9. The van der Waals surface area contributed by atoms with Crippen LogP contribution >= 0.6 is 23.8 Å². The van der Waals surface area contributed by atoms with Gasteiger partial charge in [-0.25, -0.2) is 9.97 Å². The smallest absolute Gasteiger partial charge is 0.332 e. The largest absolute Gasteiger partial charge is 0.417 e. The van der Waals surface area contributed by atoms with Gasteiger partial charge in [0.15, 0.2) is 10.9 Å². The molecule has 0 bridgehead atoms. The Hall–Kier alpha value is -3.97. The second-order valence-electron chi connectivity index (χ2n) is 7.80. The maximum absolute atomic E-state index is 13.1. The van der Waals surface area contributed by atoms with E-state index in [1.807, 2.05) is 19.9 Å². The average Bonchev–Trinajstić information content (AvgIpc) is 3.28. The molecule has 0 radical (unpaired) electrons. The van der Waals surface area contributed by atoms with E-state index in [4.69, 9.17) is 23.8 Å². The molecule has 1 aromatic carbocycles. The van der Waals surface area contributed by atoms with Gasteiger partial charge in [0.25, 0.3) is 0 Å². The van der Waals surface area contributed by atoms with Crippen LogP contribution in [-0.2, 0) is 12.6 Å². The number of nitrogens with one attached hydrogen (secondary N) is 5. The molecule has 4 rings (SSSR count). The van der Waals surface area contributed by atoms with E-state index in [0.717, 1.165) is 29.9 Å². The van der Waals surface area contributed by atoms with E-state index < -0.39 is 16.8 Å². The van der Waals surface area contributed by atoms with Gasteiger partial charge in [0.05, 0.1) is 22.5 Å². The number of pyridine rings is 1. The molecule has 14 heteroatoms. The average molecular weight is 548 g/mol. The number of nitrogens with zero attached hydrogens (tertiary/aromatic N) is 4. The van der Waals surface area contributed by atoms with E-state index >= 15 is 0 Å². The fourth-order valence-electron chi connectivity index (χ4n) is 3.20. The van der Waals surface area contributed by atoms with Crippen molar-refractivity contribution in [1.29, 1.82) is 0 Å². The molecule has 0 saturated heterocycles. The number of H-pyrrole nitrogens is 1. The molecule has 5 N–H and O–H groups in total. The number of hydrogen-bond acceptors (Lipinski definition) is 7. The molecule has 0 spiro atoms. The van der Waals surface area contributed by atoms with Gasteiger partial charge >= 0.3 is 6.18 Å². The summed E-state index contributed by atoms with van der Waals surface area (Å²) in [6, 6.07) is 10.5. The number of halogens is 4. The van der Waals surface area contributed by atoms with Crippen molar-refractivity contribution in [3.05, 3.63) is 70.6 Å². The third-order valence-corrected chi connectivity index (χ3v) is 5.45. The number of benzene rings is 1. The van der Waals surface area contributed by atoms with Crippen LogP contribution in [0.1, 0.15) is 23.9 Å². The number of thiocarbonyl (C=S) groups is 1. The van der Waals surface area contributed by atoms with Crippen molar-refractivity contribution in [2.45, 2.75) is 26.4 Å². The van der Waals surface area contributed by atoms with Crippen LogP contribution in [0.25, 0.3) is 0 Å². The fraction of sp³-hybridized carbons (Fsp3) is 0.174. The molecule has 9 nitrogen and oxygen atoms in total. The van der Waals surface area contributed by atoms with E-state index in [0.29, 0.717) is 29.1 Å². The van der Waals surface area contributed by atoms with Crippen LogP contribution in [0.5, 0.6) is 0 Å². The molecule has 0 atom stereocenters. The number of aryl methyl sites for hydroxylation is 2. The van der Waals surface area contributed by atoms with Crippen LogP contribution in [-0.4, -0.2) is 30.3 Å². The summed E-state index contributed by atoms with van der Waals surface area (Å²) in [5, 5.41) is 18.5. The molecule has 0 aliphatic carbocycles. The van der Waals surface area contributed by atoms with E-state index in [1.165, 1.54) is 12.3 Å². The third-order valence-electron chi connectivity index (χ3n) is 4.91. The normalized spacial score (nSPS) is 11.2. The minimum absolute atomic E-state index is 0.0611. The summed E-state index contributed by atoms with van der Waals surface area (Å²) in [6.45, 7) is 3.87. The van der Waals surface area contributed by atoms with Crippen LogP contribution < -0.4 is 21.3 Å². The van der Waals surface area contributed by atoms with Crippen molar-refractivity contribution in [1.82, 2.24) is 25.1 Å². The van der Waals surface area contributed by atoms with Crippen LogP contribution in [0.15, 0.2) is 48.7 Å². The molecule has 4 aromatic rings. The standard InChI is InChI=1S/C23H21ClF3N9S/c1-3-13-10-20(36-35-13)32-19-8-12(2)29-21(33-19)30-15-5-7-18(28-11-15)34-22(37)31-14-4-6-17(24)16(9-14)23(25,26)27/h4-11H,3H2,1-2H3,(H2,28,31,34,37)(H3,29,30,32,33,35,36). The quantitative estimate of drug-likeness (QED) is 0.167. The number of hydrogen-bond donors (Lipinski definition) is 5. The zero-order valence-electron chi connectivity index (χ0n) is 19.5. The first-order valence-corrected chi connectivity index (χ1v) is 11.7. The lowest BCUT2D eigenvalue weighted by atomic mass is 10.2. The van der Waals surface area contributed by atoms with E-state index in [1.54, 1.807) is 18.2 Å². The Kier molecular flexibility index (Phi) is 7.74. The predicted molar refractivity (Wildman–Crippen MR) is 142 cm³/mol. The van der Waals surface area contributed by atoms with Crippen molar-refractivity contribution < 1.29 is 13.2 Å². The number of aromatic amines is 1. The third kappa shape index (κ3) is 7.05. The summed E-state index contributed by atoms with van der Waals surface area (Å²) in [5.41, 5.74) is 1.53. The van der Waals surface area contributed by atoms with Gasteiger partial charge in [-0.2, -0.15) is 23.3 Å². The number of aromatic nitrogens is 5. The summed E-state index contributed by atoms with van der Waals surface area (Å²) in [7, 11) is 0. The minimum Gasteiger partial charge on any atom is -0.332 e. The molecule has 3 heterocycles. The Morgan fingerprint density at radius 3 is 2.43 bits per heavy atom. The second-order valence-corrected chi connectivity index (χ2v) is 8.62. The van der Waals surface area contributed by atoms with E-state index in [9.17, 15) is 13.2 Å². The molecule has 0 saturated carbocycles. The van der Waals surface area contributed by atoms with Gasteiger partial charge in [0.1, 0.15) is 11.6 Å². The summed E-state index contributed by atoms with van der Waals surface area (Å²) >= 11 is 10.8. The lowest BCUT2D eigenvalue weighted by molar-refractivity contribution is -0.137. The first kappa shape index (κ1) is 26.1. The number of rotatable bonds is 7. The van der Waals surface area contributed by atoms with Crippen LogP contribution in [0.4, 0.5) is 47.9 Å². The number of anilines is 6. The van der Waals surface area contributed by atoms with Gasteiger partial charge in [-0.15, -0.1) is 0 Å². The van der Waals surface area contributed by atoms with Gasteiger partial charge < -0.3 is 21.3 Å². The number of alkyl halides is 3. The second kappa shape index (κ2) is 11.0. The van der Waals surface area contributed by atoms with E-state index in [2.05, 4.69) is 46.4 Å². The molecule has 3 aromatic heterocycles. The lowest BCUT2D eigenvalue weighted by Crippen LogP contribution is -2.20. The highest BCUT2D eigenvalue weighted by atomic mass is 35.5. The zero-order valence-corrected chi connectivity index (χ0v) is 21.1. The van der Waals surface area contributed by atoms with Gasteiger partial charge in [-0.1, -0.05) is 18.5 Å². The minimum atomic E-state index is -4.58. The van der Waals surface area contributed by atoms with Gasteiger partial charge in [0, 0.05) is 29.2 Å². The Morgan fingerprint density at radius 2 is 1.76 bits per heavy atom. The monoisotopic (exact) mass is 547 g/mol. The van der Waals surface area contributed by atoms with Crippen LogP contribution in [0, 0.1) is 6.92 Å². The Balaban J connectivity index is 1.38. The predicted octanol–water partition coefficient (Wildman–Crippen LogP) is 6.43. The molecule has 0 aliphatic rings. The molecule has 0 unspecified atom stereocenters.